The smallest absolute Gasteiger partial charge is 0.0149 e. The summed E-state index contributed by atoms with van der Waals surface area (Å²) in [7, 11) is 0. The van der Waals surface area contributed by atoms with Crippen molar-refractivity contribution in [2.45, 2.75) is 19.8 Å². The normalized spacial score (nSPS) is 6.17. The SMILES string of the molecule is C=CCCC.[SiH4]. The zero-order valence-corrected chi connectivity index (χ0v) is 3.70. The lowest BCUT2D eigenvalue weighted by Crippen LogP contribution is -1.52. The number of allylic oxidation sites excluding steroid dienone is 1. The van der Waals surface area contributed by atoms with Crippen LogP contribution in [0, 0.1) is 0 Å². The van der Waals surface area contributed by atoms with Gasteiger partial charge in [-0.1, -0.05) is 19.4 Å². The molecule has 0 aromatic carbocycles. The van der Waals surface area contributed by atoms with Gasteiger partial charge in [0.05, 0.1) is 0 Å². The topological polar surface area (TPSA) is 0 Å². The van der Waals surface area contributed by atoms with Crippen LogP contribution < -0.4 is 0 Å². The van der Waals surface area contributed by atoms with Gasteiger partial charge in [-0.2, -0.15) is 0 Å². The van der Waals surface area contributed by atoms with Crippen molar-refractivity contribution >= 4 is 11.0 Å². The Labute approximate surface area is 44.3 Å². The summed E-state index contributed by atoms with van der Waals surface area (Å²) < 4.78 is 0. The molecule has 0 saturated heterocycles. The standard InChI is InChI=1S/C5H10.H4Si/c1-3-5-4-2;/h3H,1,4-5H2,2H3;1H4. The Kier molecular flexibility index (Phi) is 13.8. The summed E-state index contributed by atoms with van der Waals surface area (Å²) in [6, 6.07) is 0. The molecular formula is C5H14Si. The summed E-state index contributed by atoms with van der Waals surface area (Å²) in [5, 5.41) is 0. The van der Waals surface area contributed by atoms with Crippen molar-refractivity contribution in [3.05, 3.63) is 12.7 Å². The lowest BCUT2D eigenvalue weighted by atomic mass is 10.3. The van der Waals surface area contributed by atoms with Gasteiger partial charge in [-0.05, 0) is 17.4 Å². The van der Waals surface area contributed by atoms with Crippen LogP contribution in [0.25, 0.3) is 0 Å². The molecule has 0 unspecified atom stereocenters. The molecule has 0 spiro atoms. The fourth-order valence-electron chi connectivity index (χ4n) is 0.204. The maximum atomic E-state index is 3.55. The molecule has 0 saturated carbocycles. The van der Waals surface area contributed by atoms with E-state index in [-0.39, 0.29) is 11.0 Å². The first-order valence-corrected chi connectivity index (χ1v) is 2.02. The summed E-state index contributed by atoms with van der Waals surface area (Å²) >= 11 is 0. The summed E-state index contributed by atoms with van der Waals surface area (Å²) in [5.41, 5.74) is 0. The summed E-state index contributed by atoms with van der Waals surface area (Å²) in [6.45, 7) is 5.69. The highest BCUT2D eigenvalue weighted by molar-refractivity contribution is 5.75. The molecule has 0 fully saturated rings. The summed E-state index contributed by atoms with van der Waals surface area (Å²) in [6.07, 6.45) is 4.31. The van der Waals surface area contributed by atoms with Gasteiger partial charge < -0.3 is 0 Å². The van der Waals surface area contributed by atoms with Crippen LogP contribution in [0.2, 0.25) is 0 Å². The van der Waals surface area contributed by atoms with Crippen molar-refractivity contribution in [2.24, 2.45) is 0 Å². The maximum Gasteiger partial charge on any atom is -0.0149 e. The second kappa shape index (κ2) is 8.88. The number of hydrogen-bond acceptors (Lipinski definition) is 0. The zero-order valence-electron chi connectivity index (χ0n) is 3.70. The Bertz CT molecular complexity index is 25.1. The van der Waals surface area contributed by atoms with Crippen LogP contribution in [0.1, 0.15) is 19.8 Å². The van der Waals surface area contributed by atoms with E-state index < -0.39 is 0 Å². The van der Waals surface area contributed by atoms with Gasteiger partial charge in [0.25, 0.3) is 0 Å². The van der Waals surface area contributed by atoms with Crippen molar-refractivity contribution in [1.82, 2.24) is 0 Å². The second-order valence-corrected chi connectivity index (χ2v) is 1.08. The first-order valence-electron chi connectivity index (χ1n) is 2.02. The number of hydrogen-bond donors (Lipinski definition) is 0. The van der Waals surface area contributed by atoms with Crippen molar-refractivity contribution in [3.8, 4) is 0 Å². The molecule has 0 nitrogen and oxygen atoms in total. The lowest BCUT2D eigenvalue weighted by molar-refractivity contribution is 0.961. The molecule has 1 heteroatoms. The Balaban J connectivity index is 0. The van der Waals surface area contributed by atoms with Crippen LogP contribution in [0.15, 0.2) is 12.7 Å². The third kappa shape index (κ3) is 9.03. The Morgan fingerprint density at radius 2 is 2.17 bits per heavy atom. The van der Waals surface area contributed by atoms with Gasteiger partial charge in [0.1, 0.15) is 0 Å². The maximum absolute atomic E-state index is 3.55. The molecule has 0 rings (SSSR count). The molecule has 0 aromatic heterocycles. The van der Waals surface area contributed by atoms with Crippen LogP contribution in [-0.4, -0.2) is 11.0 Å². The quantitative estimate of drug-likeness (QED) is 0.352. The van der Waals surface area contributed by atoms with Crippen molar-refractivity contribution in [3.63, 3.8) is 0 Å². The molecule has 6 heavy (non-hydrogen) atoms. The molecule has 0 amide bonds. The molecule has 0 heterocycles. The van der Waals surface area contributed by atoms with E-state index >= 15 is 0 Å². The van der Waals surface area contributed by atoms with E-state index in [4.69, 9.17) is 0 Å². The fraction of sp³-hybridized carbons (Fsp3) is 0.600. The van der Waals surface area contributed by atoms with Crippen molar-refractivity contribution < 1.29 is 0 Å². The van der Waals surface area contributed by atoms with E-state index in [0.29, 0.717) is 0 Å². The minimum Gasteiger partial charge on any atom is -0.103 e. The minimum atomic E-state index is 0. The third-order valence-electron chi connectivity index (χ3n) is 0.493. The molecule has 38 valence electrons. The van der Waals surface area contributed by atoms with Crippen LogP contribution >= 0.6 is 0 Å². The van der Waals surface area contributed by atoms with Crippen molar-refractivity contribution in [1.29, 1.82) is 0 Å². The predicted octanol–water partition coefficient (Wildman–Crippen LogP) is 0.521. The third-order valence-corrected chi connectivity index (χ3v) is 0.493. The largest absolute Gasteiger partial charge is 0.103 e. The number of unbranched alkanes of at least 4 members (excludes halogenated alkanes) is 1. The highest BCUT2D eigenvalue weighted by Crippen LogP contribution is 1.82. The van der Waals surface area contributed by atoms with Crippen molar-refractivity contribution in [2.75, 3.05) is 0 Å². The first kappa shape index (κ1) is 9.35. The lowest BCUT2D eigenvalue weighted by Gasteiger charge is -1.72. The van der Waals surface area contributed by atoms with Crippen LogP contribution in [-0.2, 0) is 0 Å². The monoisotopic (exact) mass is 102 g/mol. The van der Waals surface area contributed by atoms with Gasteiger partial charge in [-0.15, -0.1) is 6.58 Å². The van der Waals surface area contributed by atoms with Gasteiger partial charge in [0.2, 0.25) is 0 Å². The highest BCUT2D eigenvalue weighted by Gasteiger charge is 1.61. The van der Waals surface area contributed by atoms with Gasteiger partial charge in [0, 0.05) is 0 Å². The van der Waals surface area contributed by atoms with Gasteiger partial charge in [0.15, 0.2) is 0 Å². The average molecular weight is 102 g/mol. The van der Waals surface area contributed by atoms with Crippen LogP contribution in [0.5, 0.6) is 0 Å². The molecule has 0 atom stereocenters. The Hall–Kier alpha value is -0.0431. The predicted molar refractivity (Wildman–Crippen MR) is 36.4 cm³/mol. The summed E-state index contributed by atoms with van der Waals surface area (Å²) in [5.74, 6) is 0. The molecule has 0 aliphatic heterocycles. The Morgan fingerprint density at radius 3 is 2.17 bits per heavy atom. The van der Waals surface area contributed by atoms with E-state index in [9.17, 15) is 0 Å². The van der Waals surface area contributed by atoms with E-state index in [1.54, 1.807) is 0 Å². The summed E-state index contributed by atoms with van der Waals surface area (Å²) in [4.78, 5) is 0. The molecule has 0 aromatic rings. The fourth-order valence-corrected chi connectivity index (χ4v) is 0.204. The zero-order chi connectivity index (χ0) is 4.12. The first-order chi connectivity index (χ1) is 2.41. The Morgan fingerprint density at radius 1 is 1.67 bits per heavy atom. The number of rotatable bonds is 2. The van der Waals surface area contributed by atoms with Gasteiger partial charge in [-0.25, -0.2) is 0 Å². The molecule has 0 aliphatic carbocycles. The van der Waals surface area contributed by atoms with Crippen LogP contribution in [0.4, 0.5) is 0 Å². The molecule has 0 radical (unpaired) electrons. The van der Waals surface area contributed by atoms with E-state index in [1.165, 1.54) is 6.42 Å². The molecule has 0 bridgehead atoms. The molecular weight excluding hydrogens is 88.1 g/mol. The molecule has 0 aliphatic rings. The molecule has 0 N–H and O–H groups in total. The van der Waals surface area contributed by atoms with E-state index in [0.717, 1.165) is 6.42 Å². The van der Waals surface area contributed by atoms with Crippen LogP contribution in [0.3, 0.4) is 0 Å². The van der Waals surface area contributed by atoms with E-state index in [2.05, 4.69) is 13.5 Å². The minimum absolute atomic E-state index is 0. The van der Waals surface area contributed by atoms with Gasteiger partial charge >= 0.3 is 0 Å². The highest BCUT2D eigenvalue weighted by atomic mass is 28.1. The van der Waals surface area contributed by atoms with E-state index in [1.807, 2.05) is 6.08 Å². The average Bonchev–Trinajstić information content (AvgIpc) is 1.41. The van der Waals surface area contributed by atoms with Gasteiger partial charge in [-0.3, -0.25) is 0 Å². The second-order valence-electron chi connectivity index (χ2n) is 1.08.